The molecule has 116 valence electrons. The lowest BCUT2D eigenvalue weighted by Crippen LogP contribution is -2.08. The molecular weight excluding hydrogens is 264 g/mol. The fourth-order valence-corrected chi connectivity index (χ4v) is 1.88. The predicted molar refractivity (Wildman–Crippen MR) is 71.5 cm³/mol. The van der Waals surface area contributed by atoms with E-state index in [0.717, 1.165) is 38.5 Å². The number of unbranched alkanes of at least 4 members (excludes halogenated alkanes) is 2. The Kier molecular flexibility index (Phi) is 7.84. The molecule has 0 aromatic rings. The largest absolute Gasteiger partial charge is 0.508 e. The van der Waals surface area contributed by atoms with Crippen molar-refractivity contribution in [1.29, 1.82) is 0 Å². The van der Waals surface area contributed by atoms with E-state index in [1.54, 1.807) is 0 Å². The molecule has 0 N–H and O–H groups in total. The number of carbonyl (C=O) groups is 2. The van der Waals surface area contributed by atoms with Crippen LogP contribution >= 0.6 is 0 Å². The standard InChI is InChI=1S/2C7H12O3/c2*1-2-3-4-6-5-9-7(8)10-6/h2*6H,2-5H2,1H3. The quantitative estimate of drug-likeness (QED) is 0.697. The van der Waals surface area contributed by atoms with Crippen LogP contribution in [0.2, 0.25) is 0 Å². The van der Waals surface area contributed by atoms with Crippen molar-refractivity contribution in [3.63, 3.8) is 0 Å². The van der Waals surface area contributed by atoms with E-state index in [-0.39, 0.29) is 12.2 Å². The molecule has 2 aliphatic rings. The number of rotatable bonds is 6. The van der Waals surface area contributed by atoms with Gasteiger partial charge in [0, 0.05) is 0 Å². The maximum Gasteiger partial charge on any atom is 0.508 e. The normalized spacial score (nSPS) is 24.1. The number of cyclic esters (lactones) is 4. The Bertz CT molecular complexity index is 274. The van der Waals surface area contributed by atoms with Crippen molar-refractivity contribution in [2.24, 2.45) is 0 Å². The predicted octanol–water partition coefficient (Wildman–Crippen LogP) is 3.42. The van der Waals surface area contributed by atoms with E-state index in [2.05, 4.69) is 23.3 Å². The highest BCUT2D eigenvalue weighted by atomic mass is 16.8. The molecule has 0 spiro atoms. The summed E-state index contributed by atoms with van der Waals surface area (Å²) in [4.78, 5) is 20.7. The Morgan fingerprint density at radius 3 is 1.50 bits per heavy atom. The van der Waals surface area contributed by atoms with Gasteiger partial charge in [0.2, 0.25) is 0 Å². The fourth-order valence-electron chi connectivity index (χ4n) is 1.88. The molecule has 2 rings (SSSR count). The lowest BCUT2D eigenvalue weighted by atomic mass is 10.2. The van der Waals surface area contributed by atoms with Crippen LogP contribution in [0.25, 0.3) is 0 Å². The lowest BCUT2D eigenvalue weighted by molar-refractivity contribution is 0.114. The van der Waals surface area contributed by atoms with Gasteiger partial charge in [0.1, 0.15) is 25.4 Å². The van der Waals surface area contributed by atoms with Gasteiger partial charge in [-0.2, -0.15) is 0 Å². The minimum absolute atomic E-state index is 0.0208. The first-order valence-electron chi connectivity index (χ1n) is 7.32. The van der Waals surface area contributed by atoms with E-state index < -0.39 is 12.3 Å². The molecule has 0 aromatic carbocycles. The fraction of sp³-hybridized carbons (Fsp3) is 0.857. The van der Waals surface area contributed by atoms with Crippen LogP contribution < -0.4 is 0 Å². The van der Waals surface area contributed by atoms with E-state index in [4.69, 9.17) is 9.47 Å². The number of hydrogen-bond acceptors (Lipinski definition) is 6. The highest BCUT2D eigenvalue weighted by Gasteiger charge is 2.24. The van der Waals surface area contributed by atoms with Gasteiger partial charge in [-0.05, 0) is 25.7 Å². The van der Waals surface area contributed by atoms with Crippen molar-refractivity contribution in [1.82, 2.24) is 0 Å². The Labute approximate surface area is 119 Å². The van der Waals surface area contributed by atoms with Gasteiger partial charge in [-0.25, -0.2) is 9.59 Å². The van der Waals surface area contributed by atoms with Crippen molar-refractivity contribution in [3.8, 4) is 0 Å². The molecule has 6 heteroatoms. The summed E-state index contributed by atoms with van der Waals surface area (Å²) in [5.41, 5.74) is 0. The third-order valence-corrected chi connectivity index (χ3v) is 3.06. The molecule has 2 unspecified atom stereocenters. The molecule has 0 aliphatic carbocycles. The lowest BCUT2D eigenvalue weighted by Gasteiger charge is -2.02. The van der Waals surface area contributed by atoms with Crippen LogP contribution in [-0.4, -0.2) is 37.7 Å². The van der Waals surface area contributed by atoms with Gasteiger partial charge in [0.05, 0.1) is 0 Å². The van der Waals surface area contributed by atoms with E-state index >= 15 is 0 Å². The SMILES string of the molecule is CCCCC1COC(=O)O1.CCCCC1COC(=O)O1. The third kappa shape index (κ3) is 6.63. The van der Waals surface area contributed by atoms with Crippen LogP contribution in [0.1, 0.15) is 52.4 Å². The Morgan fingerprint density at radius 1 is 0.850 bits per heavy atom. The van der Waals surface area contributed by atoms with Crippen molar-refractivity contribution < 1.29 is 28.5 Å². The van der Waals surface area contributed by atoms with Gasteiger partial charge in [-0.1, -0.05) is 26.7 Å². The van der Waals surface area contributed by atoms with Gasteiger partial charge >= 0.3 is 12.3 Å². The maximum atomic E-state index is 10.4. The molecule has 0 radical (unpaired) electrons. The van der Waals surface area contributed by atoms with E-state index in [0.29, 0.717) is 13.2 Å². The summed E-state index contributed by atoms with van der Waals surface area (Å²) in [6.45, 7) is 5.10. The van der Waals surface area contributed by atoms with E-state index in [1.807, 2.05) is 0 Å². The summed E-state index contributed by atoms with van der Waals surface area (Å²) in [6, 6.07) is 0. The van der Waals surface area contributed by atoms with Gasteiger partial charge < -0.3 is 18.9 Å². The van der Waals surface area contributed by atoms with Gasteiger partial charge in [-0.15, -0.1) is 0 Å². The molecule has 0 bridgehead atoms. The summed E-state index contributed by atoms with van der Waals surface area (Å²) in [5, 5.41) is 0. The smallest absolute Gasteiger partial charge is 0.430 e. The number of ether oxygens (including phenoxy) is 4. The van der Waals surface area contributed by atoms with Crippen LogP contribution in [0.5, 0.6) is 0 Å². The zero-order valence-electron chi connectivity index (χ0n) is 12.3. The molecule has 6 nitrogen and oxygen atoms in total. The molecule has 0 amide bonds. The van der Waals surface area contributed by atoms with Crippen LogP contribution in [-0.2, 0) is 18.9 Å². The topological polar surface area (TPSA) is 71.1 Å². The summed E-state index contributed by atoms with van der Waals surface area (Å²) >= 11 is 0. The molecule has 2 aliphatic heterocycles. The Balaban J connectivity index is 0.000000200. The summed E-state index contributed by atoms with van der Waals surface area (Å²) in [5.74, 6) is 0. The van der Waals surface area contributed by atoms with Crippen LogP contribution in [0.3, 0.4) is 0 Å². The zero-order valence-corrected chi connectivity index (χ0v) is 12.3. The average Bonchev–Trinajstić information content (AvgIpc) is 3.03. The minimum atomic E-state index is -0.513. The first kappa shape index (κ1) is 16.6. The van der Waals surface area contributed by atoms with Crippen molar-refractivity contribution in [2.45, 2.75) is 64.6 Å². The molecule has 2 saturated heterocycles. The summed E-state index contributed by atoms with van der Waals surface area (Å²) < 4.78 is 18.8. The molecule has 2 fully saturated rings. The van der Waals surface area contributed by atoms with Crippen molar-refractivity contribution in [2.75, 3.05) is 13.2 Å². The van der Waals surface area contributed by atoms with Gasteiger partial charge in [0.15, 0.2) is 0 Å². The number of hydrogen-bond donors (Lipinski definition) is 0. The number of carbonyl (C=O) groups excluding carboxylic acids is 2. The second-order valence-electron chi connectivity index (χ2n) is 4.89. The monoisotopic (exact) mass is 288 g/mol. The molecule has 0 saturated carbocycles. The molecule has 2 heterocycles. The summed E-state index contributed by atoms with van der Waals surface area (Å²) in [6.07, 6.45) is 5.34. The van der Waals surface area contributed by atoms with Crippen LogP contribution in [0.4, 0.5) is 9.59 Å². The van der Waals surface area contributed by atoms with E-state index in [1.165, 1.54) is 0 Å². The highest BCUT2D eigenvalue weighted by Crippen LogP contribution is 2.13. The second kappa shape index (κ2) is 9.44. The average molecular weight is 288 g/mol. The highest BCUT2D eigenvalue weighted by molar-refractivity contribution is 5.62. The second-order valence-corrected chi connectivity index (χ2v) is 4.89. The van der Waals surface area contributed by atoms with Gasteiger partial charge in [0.25, 0.3) is 0 Å². The first-order chi connectivity index (χ1) is 9.65. The molecule has 2 atom stereocenters. The zero-order chi connectivity index (χ0) is 14.8. The molecule has 20 heavy (non-hydrogen) atoms. The van der Waals surface area contributed by atoms with Gasteiger partial charge in [-0.3, -0.25) is 0 Å². The first-order valence-corrected chi connectivity index (χ1v) is 7.32. The van der Waals surface area contributed by atoms with Crippen LogP contribution in [0, 0.1) is 0 Å². The Morgan fingerprint density at radius 2 is 1.25 bits per heavy atom. The van der Waals surface area contributed by atoms with Crippen molar-refractivity contribution in [3.05, 3.63) is 0 Å². The van der Waals surface area contributed by atoms with E-state index in [9.17, 15) is 9.59 Å². The maximum absolute atomic E-state index is 10.4. The molecule has 0 aromatic heterocycles. The Hall–Kier alpha value is -1.46. The minimum Gasteiger partial charge on any atom is -0.430 e. The summed E-state index contributed by atoms with van der Waals surface area (Å²) in [7, 11) is 0. The third-order valence-electron chi connectivity index (χ3n) is 3.06. The van der Waals surface area contributed by atoms with Crippen molar-refractivity contribution >= 4 is 12.3 Å². The van der Waals surface area contributed by atoms with Crippen LogP contribution in [0.15, 0.2) is 0 Å². The molecular formula is C14H24O6.